The molecule has 0 bridgehead atoms. The molecule has 0 saturated carbocycles. The van der Waals surface area contributed by atoms with Crippen molar-refractivity contribution >= 4 is 0 Å². The minimum Gasteiger partial charge on any atom is -1.00 e. The molecule has 0 aliphatic rings. The number of rotatable bonds is 0. The Morgan fingerprint density at radius 1 is 1.29 bits per heavy atom. The summed E-state index contributed by atoms with van der Waals surface area (Å²) < 4.78 is 0. The molecule has 0 saturated heterocycles. The van der Waals surface area contributed by atoms with E-state index in [2.05, 4.69) is 0 Å². The second-order valence-electron chi connectivity index (χ2n) is 0.847. The van der Waals surface area contributed by atoms with Crippen molar-refractivity contribution in [1.29, 1.82) is 0 Å². The molecule has 0 unspecified atom stereocenters. The van der Waals surface area contributed by atoms with E-state index >= 15 is 0 Å². The van der Waals surface area contributed by atoms with E-state index in [0.29, 0.717) is 0 Å². The predicted octanol–water partition coefficient (Wildman–Crippen LogP) is -1.92. The van der Waals surface area contributed by atoms with E-state index in [1.54, 1.807) is 14.1 Å². The quantitative estimate of drug-likeness (QED) is 0.283. The average Bonchev–Trinajstić information content (AvgIpc) is 1.41. The van der Waals surface area contributed by atoms with E-state index in [4.69, 9.17) is 5.21 Å². The first kappa shape index (κ1) is 15.6. The minimum atomic E-state index is 0. The van der Waals surface area contributed by atoms with Gasteiger partial charge in [0.2, 0.25) is 0 Å². The summed E-state index contributed by atoms with van der Waals surface area (Å²) in [7, 11) is 3.11. The molecular formula is C4H14LiNO. The van der Waals surface area contributed by atoms with Crippen molar-refractivity contribution < 1.29 is 25.5 Å². The van der Waals surface area contributed by atoms with Crippen molar-refractivity contribution in [1.82, 2.24) is 5.06 Å². The Morgan fingerprint density at radius 3 is 1.29 bits per heavy atom. The van der Waals surface area contributed by atoms with Crippen LogP contribution in [0.1, 0.15) is 15.3 Å². The Bertz CT molecular complexity index is 20.8. The smallest absolute Gasteiger partial charge is 1.00 e. The Morgan fingerprint density at radius 2 is 1.29 bits per heavy atom. The second-order valence-corrected chi connectivity index (χ2v) is 0.847. The summed E-state index contributed by atoms with van der Waals surface area (Å²) in [5.41, 5.74) is 0. The summed E-state index contributed by atoms with van der Waals surface area (Å²) in [5, 5.41) is 8.89. The van der Waals surface area contributed by atoms with Crippen molar-refractivity contribution in [3.8, 4) is 0 Å². The van der Waals surface area contributed by atoms with E-state index in [1.165, 1.54) is 0 Å². The molecule has 1 N–H and O–H groups in total. The van der Waals surface area contributed by atoms with Crippen molar-refractivity contribution in [2.24, 2.45) is 0 Å². The van der Waals surface area contributed by atoms with Gasteiger partial charge < -0.3 is 6.63 Å². The fourth-order valence-electron chi connectivity index (χ4n) is 0. The third-order valence-corrected chi connectivity index (χ3v) is 0. The maximum absolute atomic E-state index is 7.89. The third kappa shape index (κ3) is 497. The Balaban J connectivity index is -0.0000000183. The maximum atomic E-state index is 7.89. The first-order valence-electron chi connectivity index (χ1n) is 2.09. The van der Waals surface area contributed by atoms with Gasteiger partial charge in [0.15, 0.2) is 0 Å². The predicted molar refractivity (Wildman–Crippen MR) is 27.9 cm³/mol. The molecule has 42 valence electrons. The molecule has 0 aromatic heterocycles. The normalized spacial score (nSPS) is 6.00. The van der Waals surface area contributed by atoms with Crippen LogP contribution in [0.4, 0.5) is 0 Å². The van der Waals surface area contributed by atoms with Crippen LogP contribution in [-0.4, -0.2) is 24.4 Å². The number of nitrogens with zero attached hydrogens (tertiary/aromatic N) is 1. The molecule has 0 amide bonds. The van der Waals surface area contributed by atoms with Gasteiger partial charge in [-0.1, -0.05) is 13.8 Å². The molecule has 2 nitrogen and oxygen atoms in total. The van der Waals surface area contributed by atoms with Crippen LogP contribution in [0.5, 0.6) is 0 Å². The molecule has 0 aliphatic heterocycles. The molecule has 0 atom stereocenters. The van der Waals surface area contributed by atoms with Gasteiger partial charge in [0.1, 0.15) is 0 Å². The summed E-state index contributed by atoms with van der Waals surface area (Å²) in [4.78, 5) is 0. The molecule has 0 aromatic rings. The molecule has 0 heterocycles. The zero-order chi connectivity index (χ0) is 5.58. The standard InChI is InChI=1S/C2H7NO.C2H6.Li.H/c1-3(2)4;1-2;;/h4H,1-2H3;1-2H3;;/q;;+1;-1. The molecule has 0 aromatic carbocycles. The van der Waals surface area contributed by atoms with E-state index < -0.39 is 0 Å². The molecule has 0 spiro atoms. The number of hydrogen-bond acceptors (Lipinski definition) is 2. The molecule has 3 heteroatoms. The van der Waals surface area contributed by atoms with Gasteiger partial charge in [-0.15, -0.1) is 0 Å². The second kappa shape index (κ2) is 16.0. The van der Waals surface area contributed by atoms with Gasteiger partial charge in [0.25, 0.3) is 0 Å². The summed E-state index contributed by atoms with van der Waals surface area (Å²) in [6.07, 6.45) is 0. The number of hydroxylamine groups is 2. The summed E-state index contributed by atoms with van der Waals surface area (Å²) >= 11 is 0. The van der Waals surface area contributed by atoms with Crippen LogP contribution in [0.15, 0.2) is 0 Å². The van der Waals surface area contributed by atoms with E-state index in [0.717, 1.165) is 5.06 Å². The van der Waals surface area contributed by atoms with Crippen LogP contribution in [-0.2, 0) is 0 Å². The molecule has 0 radical (unpaired) electrons. The molecule has 0 rings (SSSR count). The minimum absolute atomic E-state index is 0. The van der Waals surface area contributed by atoms with Crippen LogP contribution in [0, 0.1) is 0 Å². The summed E-state index contributed by atoms with van der Waals surface area (Å²) in [6.45, 7) is 4.00. The molecular weight excluding hydrogens is 85.0 g/mol. The summed E-state index contributed by atoms with van der Waals surface area (Å²) in [6, 6.07) is 0. The van der Waals surface area contributed by atoms with Gasteiger partial charge in [-0.3, -0.25) is 0 Å². The van der Waals surface area contributed by atoms with Crippen molar-refractivity contribution in [2.75, 3.05) is 14.1 Å². The SMILES string of the molecule is CC.CN(C)O.[H-].[Li+]. The van der Waals surface area contributed by atoms with Crippen LogP contribution < -0.4 is 18.9 Å². The van der Waals surface area contributed by atoms with Crippen LogP contribution in [0.25, 0.3) is 0 Å². The zero-order valence-corrected chi connectivity index (χ0v) is 5.89. The van der Waals surface area contributed by atoms with Crippen LogP contribution in [0.3, 0.4) is 0 Å². The zero-order valence-electron chi connectivity index (χ0n) is 6.89. The van der Waals surface area contributed by atoms with Crippen molar-refractivity contribution in [3.63, 3.8) is 0 Å². The Kier molecular flexibility index (Phi) is 35.8. The first-order valence-corrected chi connectivity index (χ1v) is 2.09. The topological polar surface area (TPSA) is 23.5 Å². The van der Waals surface area contributed by atoms with Crippen molar-refractivity contribution in [2.45, 2.75) is 13.8 Å². The van der Waals surface area contributed by atoms with Crippen LogP contribution in [0.2, 0.25) is 0 Å². The average molecular weight is 99.1 g/mol. The Hall–Kier alpha value is 0.517. The van der Waals surface area contributed by atoms with E-state index in [-0.39, 0.29) is 20.3 Å². The summed E-state index contributed by atoms with van der Waals surface area (Å²) in [5.74, 6) is 0. The van der Waals surface area contributed by atoms with Gasteiger partial charge in [0, 0.05) is 14.1 Å². The van der Waals surface area contributed by atoms with Gasteiger partial charge in [-0.2, -0.15) is 5.06 Å². The number of hydrogen-bond donors (Lipinski definition) is 1. The van der Waals surface area contributed by atoms with Gasteiger partial charge >= 0.3 is 18.9 Å². The fraction of sp³-hybridized carbons (Fsp3) is 1.00. The van der Waals surface area contributed by atoms with Gasteiger partial charge in [-0.05, 0) is 0 Å². The van der Waals surface area contributed by atoms with Crippen molar-refractivity contribution in [3.05, 3.63) is 0 Å². The molecule has 7 heavy (non-hydrogen) atoms. The monoisotopic (exact) mass is 99.1 g/mol. The third-order valence-electron chi connectivity index (χ3n) is 0. The Labute approximate surface area is 59.1 Å². The van der Waals surface area contributed by atoms with E-state index in [9.17, 15) is 0 Å². The molecule has 0 aliphatic carbocycles. The largest absolute Gasteiger partial charge is 1.00 e. The maximum Gasteiger partial charge on any atom is 1.00 e. The van der Waals surface area contributed by atoms with Gasteiger partial charge in [0.05, 0.1) is 0 Å². The molecule has 0 fully saturated rings. The fourth-order valence-corrected chi connectivity index (χ4v) is 0. The van der Waals surface area contributed by atoms with E-state index in [1.807, 2.05) is 13.8 Å². The first-order chi connectivity index (χ1) is 2.73. The van der Waals surface area contributed by atoms with Crippen LogP contribution >= 0.6 is 0 Å². The van der Waals surface area contributed by atoms with Gasteiger partial charge in [-0.25, -0.2) is 0 Å².